The molecule has 0 saturated heterocycles. The number of benzene rings is 1. The van der Waals surface area contributed by atoms with Gasteiger partial charge in [0, 0.05) is 44.8 Å². The molecule has 1 saturated carbocycles. The third-order valence-corrected chi connectivity index (χ3v) is 6.56. The Hall–Kier alpha value is -2.33. The quantitative estimate of drug-likeness (QED) is 0.724. The molecule has 3 rings (SSSR count). The van der Waals surface area contributed by atoms with Crippen LogP contribution in [-0.2, 0) is 19.6 Å². The number of rotatable bonds is 4. The molecular weight excluding hydrogens is 434 g/mol. The topological polar surface area (TPSA) is 105 Å². The number of amides is 2. The lowest BCUT2D eigenvalue weighted by Crippen LogP contribution is -2.49. The Bertz CT molecular complexity index is 962. The predicted molar refractivity (Wildman–Crippen MR) is 121 cm³/mol. The van der Waals surface area contributed by atoms with E-state index >= 15 is 0 Å². The van der Waals surface area contributed by atoms with Gasteiger partial charge < -0.3 is 19.3 Å². The maximum Gasteiger partial charge on any atom is 0.257 e. The van der Waals surface area contributed by atoms with Gasteiger partial charge in [-0.1, -0.05) is 6.92 Å². The van der Waals surface area contributed by atoms with Gasteiger partial charge in [0.1, 0.15) is 12.4 Å². The first kappa shape index (κ1) is 24.3. The normalized spacial score (nSPS) is 25.3. The lowest BCUT2D eigenvalue weighted by molar-refractivity contribution is -0.136. The number of ether oxygens (including phenoxy) is 2. The maximum absolute atomic E-state index is 13.2. The van der Waals surface area contributed by atoms with Gasteiger partial charge >= 0.3 is 0 Å². The van der Waals surface area contributed by atoms with Gasteiger partial charge in [-0.05, 0) is 38.0 Å². The molecule has 1 aromatic carbocycles. The zero-order valence-electron chi connectivity index (χ0n) is 19.3. The van der Waals surface area contributed by atoms with Crippen molar-refractivity contribution < 1.29 is 27.5 Å². The molecule has 0 unspecified atom stereocenters. The summed E-state index contributed by atoms with van der Waals surface area (Å²) in [7, 11) is -0.229. The van der Waals surface area contributed by atoms with Crippen LogP contribution in [0, 0.1) is 11.8 Å². The summed E-state index contributed by atoms with van der Waals surface area (Å²) in [5.41, 5.74) is 0.524. The molecule has 2 aliphatic rings. The molecule has 0 spiro atoms. The highest BCUT2D eigenvalue weighted by Crippen LogP contribution is 2.33. The van der Waals surface area contributed by atoms with Gasteiger partial charge in [0.05, 0.1) is 24.0 Å². The number of hydrogen-bond donors (Lipinski definition) is 1. The molecule has 2 amide bonds. The molecule has 178 valence electrons. The van der Waals surface area contributed by atoms with Crippen LogP contribution in [0.3, 0.4) is 0 Å². The Morgan fingerprint density at radius 3 is 2.50 bits per heavy atom. The number of hydrogen-bond acceptors (Lipinski definition) is 6. The van der Waals surface area contributed by atoms with Crippen LogP contribution >= 0.6 is 0 Å². The Kier molecular flexibility index (Phi) is 7.34. The molecule has 0 bridgehead atoms. The van der Waals surface area contributed by atoms with Crippen molar-refractivity contribution in [2.75, 3.05) is 44.8 Å². The zero-order valence-corrected chi connectivity index (χ0v) is 20.1. The highest BCUT2D eigenvalue weighted by atomic mass is 32.2. The van der Waals surface area contributed by atoms with E-state index in [0.717, 1.165) is 19.1 Å². The minimum absolute atomic E-state index is 0.00228. The highest BCUT2D eigenvalue weighted by Gasteiger charge is 2.37. The number of nitrogens with zero attached hydrogens (tertiary/aromatic N) is 2. The molecule has 1 fully saturated rings. The average molecular weight is 468 g/mol. The van der Waals surface area contributed by atoms with Crippen molar-refractivity contribution in [1.82, 2.24) is 9.80 Å². The fourth-order valence-corrected chi connectivity index (χ4v) is 4.48. The first-order valence-corrected chi connectivity index (χ1v) is 12.7. The standard InChI is InChI=1S/C22H33N3O6S/c1-14-11-25(21(26)16-6-7-16)15(2)13-31-19-9-8-17(23-32(5,28)29)10-18(19)22(27)24(3)12-20(14)30-4/h8-10,14-16,20,23H,6-7,11-13H2,1-5H3/t14-,15-,20+/m1/s1. The summed E-state index contributed by atoms with van der Waals surface area (Å²) >= 11 is 0. The number of carbonyl (C=O) groups excluding carboxylic acids is 2. The summed E-state index contributed by atoms with van der Waals surface area (Å²) in [4.78, 5) is 29.6. The lowest BCUT2D eigenvalue weighted by atomic mass is 10.0. The van der Waals surface area contributed by atoms with Crippen LogP contribution in [0.2, 0.25) is 0 Å². The Morgan fingerprint density at radius 2 is 1.91 bits per heavy atom. The molecule has 1 heterocycles. The Morgan fingerprint density at radius 1 is 1.22 bits per heavy atom. The van der Waals surface area contributed by atoms with Crippen molar-refractivity contribution in [3.63, 3.8) is 0 Å². The van der Waals surface area contributed by atoms with E-state index in [4.69, 9.17) is 9.47 Å². The summed E-state index contributed by atoms with van der Waals surface area (Å²) in [6, 6.07) is 4.41. The van der Waals surface area contributed by atoms with Gasteiger partial charge in [-0.3, -0.25) is 14.3 Å². The predicted octanol–water partition coefficient (Wildman–Crippen LogP) is 1.80. The highest BCUT2D eigenvalue weighted by molar-refractivity contribution is 7.92. The van der Waals surface area contributed by atoms with Crippen molar-refractivity contribution in [3.8, 4) is 5.75 Å². The average Bonchev–Trinajstić information content (AvgIpc) is 3.56. The van der Waals surface area contributed by atoms with Crippen LogP contribution in [0.1, 0.15) is 37.0 Å². The van der Waals surface area contributed by atoms with E-state index in [-0.39, 0.29) is 53.7 Å². The maximum atomic E-state index is 13.2. The van der Waals surface area contributed by atoms with E-state index in [0.29, 0.717) is 18.8 Å². The van der Waals surface area contributed by atoms with E-state index in [1.807, 2.05) is 18.7 Å². The molecule has 0 radical (unpaired) electrons. The van der Waals surface area contributed by atoms with Crippen molar-refractivity contribution in [1.29, 1.82) is 0 Å². The molecule has 0 aromatic heterocycles. The summed E-state index contributed by atoms with van der Waals surface area (Å²) < 4.78 is 37.4. The molecular formula is C22H33N3O6S. The second-order valence-corrected chi connectivity index (χ2v) is 10.7. The number of carbonyl (C=O) groups is 2. The third kappa shape index (κ3) is 5.92. The van der Waals surface area contributed by atoms with Gasteiger partial charge in [-0.15, -0.1) is 0 Å². The van der Waals surface area contributed by atoms with E-state index in [1.54, 1.807) is 26.3 Å². The monoisotopic (exact) mass is 467 g/mol. The SMILES string of the molecule is CO[C@H]1CN(C)C(=O)c2cc(NS(C)(=O)=O)ccc2OC[C@@H](C)N(C(=O)C2CC2)C[C@H]1C. The molecule has 1 aliphatic heterocycles. The molecule has 3 atom stereocenters. The Labute approximate surface area is 190 Å². The van der Waals surface area contributed by atoms with Gasteiger partial charge in [0.25, 0.3) is 5.91 Å². The van der Waals surface area contributed by atoms with Crippen LogP contribution in [0.5, 0.6) is 5.75 Å². The number of fused-ring (bicyclic) bond motifs is 1. The molecule has 10 heteroatoms. The minimum Gasteiger partial charge on any atom is -0.491 e. The first-order valence-electron chi connectivity index (χ1n) is 10.8. The number of sulfonamides is 1. The largest absolute Gasteiger partial charge is 0.491 e. The summed E-state index contributed by atoms with van der Waals surface area (Å²) in [6.07, 6.45) is 2.61. The van der Waals surface area contributed by atoms with Gasteiger partial charge in [-0.2, -0.15) is 0 Å². The van der Waals surface area contributed by atoms with E-state index < -0.39 is 10.0 Å². The number of nitrogens with one attached hydrogen (secondary N) is 1. The second kappa shape index (κ2) is 9.66. The van der Waals surface area contributed by atoms with Gasteiger partial charge in [0.15, 0.2) is 0 Å². The summed E-state index contributed by atoms with van der Waals surface area (Å²) in [6.45, 7) is 5.00. The van der Waals surface area contributed by atoms with Crippen LogP contribution in [-0.4, -0.2) is 82.3 Å². The van der Waals surface area contributed by atoms with Crippen LogP contribution in [0.25, 0.3) is 0 Å². The summed E-state index contributed by atoms with van der Waals surface area (Å²) in [5.74, 6) is 0.258. The van der Waals surface area contributed by atoms with Crippen molar-refractivity contribution >= 4 is 27.5 Å². The number of methoxy groups -OCH3 is 1. The first-order chi connectivity index (χ1) is 15.0. The second-order valence-electron chi connectivity index (χ2n) is 8.95. The number of likely N-dealkylation sites (N-methyl/N-ethyl adjacent to an activating group) is 1. The lowest BCUT2D eigenvalue weighted by Gasteiger charge is -2.36. The van der Waals surface area contributed by atoms with E-state index in [1.165, 1.54) is 11.0 Å². The Balaban J connectivity index is 1.97. The van der Waals surface area contributed by atoms with Crippen molar-refractivity contribution in [2.24, 2.45) is 11.8 Å². The van der Waals surface area contributed by atoms with E-state index in [9.17, 15) is 18.0 Å². The zero-order chi connectivity index (χ0) is 23.6. The van der Waals surface area contributed by atoms with Crippen LogP contribution < -0.4 is 9.46 Å². The molecule has 1 aliphatic carbocycles. The molecule has 9 nitrogen and oxygen atoms in total. The van der Waals surface area contributed by atoms with Crippen LogP contribution in [0.4, 0.5) is 5.69 Å². The molecule has 1 N–H and O–H groups in total. The fraction of sp³-hybridized carbons (Fsp3) is 0.636. The minimum atomic E-state index is -3.50. The van der Waals surface area contributed by atoms with Gasteiger partial charge in [0.2, 0.25) is 15.9 Å². The van der Waals surface area contributed by atoms with Crippen LogP contribution in [0.15, 0.2) is 18.2 Å². The van der Waals surface area contributed by atoms with Crippen molar-refractivity contribution in [3.05, 3.63) is 23.8 Å². The third-order valence-electron chi connectivity index (χ3n) is 5.96. The number of anilines is 1. The smallest absolute Gasteiger partial charge is 0.257 e. The van der Waals surface area contributed by atoms with Crippen molar-refractivity contribution in [2.45, 2.75) is 38.8 Å². The van der Waals surface area contributed by atoms with E-state index in [2.05, 4.69) is 4.72 Å². The molecule has 32 heavy (non-hydrogen) atoms. The fourth-order valence-electron chi connectivity index (χ4n) is 3.93. The van der Waals surface area contributed by atoms with Gasteiger partial charge in [-0.25, -0.2) is 8.42 Å². The molecule has 1 aromatic rings. The summed E-state index contributed by atoms with van der Waals surface area (Å²) in [5, 5.41) is 0.